The number of hydrogen-bond acceptors (Lipinski definition) is 10. The normalized spacial score (nSPS) is 12.6. The molecule has 2 rings (SSSR count). The van der Waals surface area contributed by atoms with Gasteiger partial charge in [-0.25, -0.2) is 0 Å². The minimum atomic E-state index is -0.592. The predicted molar refractivity (Wildman–Crippen MR) is 184 cm³/mol. The van der Waals surface area contributed by atoms with Gasteiger partial charge in [0.1, 0.15) is 36.9 Å². The third kappa shape index (κ3) is 19.3. The maximum atomic E-state index is 12.2. The van der Waals surface area contributed by atoms with E-state index in [4.69, 9.17) is 9.47 Å². The molecule has 46 heavy (non-hydrogen) atoms. The van der Waals surface area contributed by atoms with Gasteiger partial charge in [-0.05, 0) is 74.5 Å². The summed E-state index contributed by atoms with van der Waals surface area (Å²) in [5, 5.41) is 38.3. The number of hydrogen-bond donors (Lipinski definition) is 8. The number of carbonyl (C=O) groups excluding carboxylic acids is 2. The molecule has 0 heterocycles. The molecule has 12 nitrogen and oxygen atoms in total. The first-order valence-electron chi connectivity index (χ1n) is 16.4. The van der Waals surface area contributed by atoms with Gasteiger partial charge in [-0.1, -0.05) is 40.5 Å². The van der Waals surface area contributed by atoms with Crippen molar-refractivity contribution in [1.82, 2.24) is 21.3 Å². The average Bonchev–Trinajstić information content (AvgIpc) is 3.03. The van der Waals surface area contributed by atoms with E-state index in [1.807, 2.05) is 27.7 Å². The summed E-state index contributed by atoms with van der Waals surface area (Å²) >= 11 is 0. The Bertz CT molecular complexity index is 1010. The quantitative estimate of drug-likeness (QED) is 0.0753. The molecule has 0 spiro atoms. The van der Waals surface area contributed by atoms with Crippen LogP contribution in [-0.2, 0) is 9.59 Å². The average molecular weight is 645 g/mol. The van der Waals surface area contributed by atoms with Crippen molar-refractivity contribution in [3.05, 3.63) is 48.5 Å². The monoisotopic (exact) mass is 644 g/mol. The zero-order valence-electron chi connectivity index (χ0n) is 27.9. The molecule has 2 unspecified atom stereocenters. The van der Waals surface area contributed by atoms with Crippen LogP contribution < -0.4 is 41.4 Å². The fourth-order valence-electron chi connectivity index (χ4n) is 4.18. The highest BCUT2D eigenvalue weighted by molar-refractivity contribution is 5.92. The van der Waals surface area contributed by atoms with E-state index in [9.17, 15) is 19.8 Å². The van der Waals surface area contributed by atoms with Crippen LogP contribution in [0.2, 0.25) is 0 Å². The fraction of sp³-hybridized carbons (Fsp3) is 0.588. The van der Waals surface area contributed by atoms with E-state index in [0.717, 1.165) is 38.8 Å². The second-order valence-electron chi connectivity index (χ2n) is 12.0. The molecule has 0 aliphatic rings. The van der Waals surface area contributed by atoms with Crippen LogP contribution in [0.5, 0.6) is 11.5 Å². The number of ether oxygens (including phenoxy) is 2. The van der Waals surface area contributed by atoms with Crippen LogP contribution in [0.1, 0.15) is 53.4 Å². The maximum Gasteiger partial charge on any atom is 0.238 e. The number of aliphatic hydroxyl groups excluding tert-OH is 2. The van der Waals surface area contributed by atoms with Crippen molar-refractivity contribution in [2.75, 3.05) is 63.1 Å². The van der Waals surface area contributed by atoms with Crippen LogP contribution in [-0.4, -0.2) is 98.8 Å². The van der Waals surface area contributed by atoms with Gasteiger partial charge in [0.05, 0.1) is 13.1 Å². The Labute approximate surface area is 274 Å². The Balaban J connectivity index is 1.44. The van der Waals surface area contributed by atoms with E-state index in [1.54, 1.807) is 48.5 Å². The highest BCUT2D eigenvalue weighted by Crippen LogP contribution is 2.17. The van der Waals surface area contributed by atoms with Crippen LogP contribution in [0, 0.1) is 0 Å². The first-order chi connectivity index (χ1) is 22.1. The topological polar surface area (TPSA) is 165 Å². The van der Waals surface area contributed by atoms with Crippen LogP contribution >= 0.6 is 0 Å². The Kier molecular flexibility index (Phi) is 19.6. The molecule has 12 heteroatoms. The molecule has 2 atom stereocenters. The number of carbonyl (C=O) groups is 2. The van der Waals surface area contributed by atoms with Gasteiger partial charge in [-0.3, -0.25) is 9.59 Å². The van der Waals surface area contributed by atoms with Crippen molar-refractivity contribution in [2.45, 2.75) is 77.7 Å². The van der Waals surface area contributed by atoms with Crippen molar-refractivity contribution >= 4 is 23.2 Å². The van der Waals surface area contributed by atoms with Crippen LogP contribution in [0.25, 0.3) is 0 Å². The summed E-state index contributed by atoms with van der Waals surface area (Å²) in [5.74, 6) is 1.05. The van der Waals surface area contributed by atoms with E-state index in [1.165, 1.54) is 0 Å². The summed E-state index contributed by atoms with van der Waals surface area (Å²) in [7, 11) is 0. The molecule has 0 radical (unpaired) electrons. The zero-order valence-corrected chi connectivity index (χ0v) is 27.9. The van der Waals surface area contributed by atoms with Gasteiger partial charge in [-0.2, -0.15) is 0 Å². The molecule has 0 saturated heterocycles. The van der Waals surface area contributed by atoms with Gasteiger partial charge in [-0.15, -0.1) is 0 Å². The van der Waals surface area contributed by atoms with Gasteiger partial charge < -0.3 is 51.6 Å². The number of nitrogens with one attached hydrogen (secondary N) is 6. The molecular formula is C34H56N6O6. The molecule has 2 aromatic rings. The molecule has 0 saturated carbocycles. The molecule has 2 aromatic carbocycles. The Hall–Kier alpha value is -3.26. The third-order valence-corrected chi connectivity index (χ3v) is 6.71. The van der Waals surface area contributed by atoms with E-state index in [0.29, 0.717) is 48.0 Å². The predicted octanol–water partition coefficient (Wildman–Crippen LogP) is 2.48. The van der Waals surface area contributed by atoms with Gasteiger partial charge in [0.25, 0.3) is 0 Å². The van der Waals surface area contributed by atoms with Gasteiger partial charge in [0.15, 0.2) is 0 Å². The van der Waals surface area contributed by atoms with Crippen molar-refractivity contribution in [3.8, 4) is 11.5 Å². The highest BCUT2D eigenvalue weighted by Gasteiger charge is 2.08. The highest BCUT2D eigenvalue weighted by atomic mass is 16.5. The number of anilines is 2. The molecule has 258 valence electrons. The molecular weight excluding hydrogens is 588 g/mol. The lowest BCUT2D eigenvalue weighted by atomic mass is 10.2. The fourth-order valence-corrected chi connectivity index (χ4v) is 4.18. The van der Waals surface area contributed by atoms with E-state index < -0.39 is 12.2 Å². The molecule has 0 fully saturated rings. The molecule has 0 bridgehead atoms. The van der Waals surface area contributed by atoms with Gasteiger partial charge in [0, 0.05) is 36.5 Å². The summed E-state index contributed by atoms with van der Waals surface area (Å²) in [6.07, 6.45) is 2.81. The first kappa shape index (κ1) is 38.9. The lowest BCUT2D eigenvalue weighted by Crippen LogP contribution is -2.35. The maximum absolute atomic E-state index is 12.2. The Morgan fingerprint density at radius 1 is 0.609 bits per heavy atom. The molecule has 0 aromatic heterocycles. The Morgan fingerprint density at radius 2 is 0.978 bits per heavy atom. The number of unbranched alkanes of at least 4 members (excludes halogenated alkanes) is 3. The van der Waals surface area contributed by atoms with Crippen molar-refractivity contribution < 1.29 is 29.3 Å². The molecule has 8 N–H and O–H groups in total. The van der Waals surface area contributed by atoms with E-state index >= 15 is 0 Å². The van der Waals surface area contributed by atoms with Crippen molar-refractivity contribution in [2.24, 2.45) is 0 Å². The van der Waals surface area contributed by atoms with Crippen molar-refractivity contribution in [1.29, 1.82) is 0 Å². The smallest absolute Gasteiger partial charge is 0.238 e. The number of aliphatic hydroxyl groups is 2. The standard InChI is InChI=1S/C34H56N6O6/c1-25(2)37-19-29(41)23-45-31-13-9-27(10-14-31)39-33(43)21-35-17-7-5-6-8-18-36-22-34(44)40-28-11-15-32(16-12-28)46-24-30(42)20-38-26(3)4/h9-16,25-26,29-30,35-38,41-42H,5-8,17-24H2,1-4H3,(H,39,43)(H,40,44). The van der Waals surface area contributed by atoms with Crippen LogP contribution in [0.15, 0.2) is 48.5 Å². The lowest BCUT2D eigenvalue weighted by molar-refractivity contribution is -0.116. The second kappa shape index (κ2) is 23.1. The van der Waals surface area contributed by atoms with Crippen LogP contribution in [0.3, 0.4) is 0 Å². The zero-order chi connectivity index (χ0) is 33.6. The summed E-state index contributed by atoms with van der Waals surface area (Å²) in [4.78, 5) is 24.4. The van der Waals surface area contributed by atoms with Gasteiger partial charge >= 0.3 is 0 Å². The number of rotatable bonds is 25. The largest absolute Gasteiger partial charge is 0.491 e. The summed E-state index contributed by atoms with van der Waals surface area (Å²) in [6.45, 7) is 11.4. The first-order valence-corrected chi connectivity index (χ1v) is 16.4. The SMILES string of the molecule is CC(C)NCC(O)COc1ccc(NC(=O)CNCCCCCCNCC(=O)Nc2ccc(OCC(O)CNC(C)C)cc2)cc1. The third-order valence-electron chi connectivity index (χ3n) is 6.71. The summed E-state index contributed by atoms with van der Waals surface area (Å²) in [5.41, 5.74) is 1.38. The lowest BCUT2D eigenvalue weighted by Gasteiger charge is -2.15. The van der Waals surface area contributed by atoms with Crippen molar-refractivity contribution in [3.63, 3.8) is 0 Å². The van der Waals surface area contributed by atoms with Crippen LogP contribution in [0.4, 0.5) is 11.4 Å². The number of amides is 2. The minimum Gasteiger partial charge on any atom is -0.491 e. The minimum absolute atomic E-state index is 0.110. The number of benzene rings is 2. The van der Waals surface area contributed by atoms with Gasteiger partial charge in [0.2, 0.25) is 11.8 Å². The summed E-state index contributed by atoms with van der Waals surface area (Å²) < 4.78 is 11.2. The molecule has 0 aliphatic carbocycles. The Morgan fingerprint density at radius 3 is 1.33 bits per heavy atom. The molecule has 2 amide bonds. The summed E-state index contributed by atoms with van der Waals surface area (Å²) in [6, 6.07) is 14.8. The van der Waals surface area contributed by atoms with E-state index in [-0.39, 0.29) is 38.1 Å². The molecule has 0 aliphatic heterocycles. The van der Waals surface area contributed by atoms with E-state index in [2.05, 4.69) is 31.9 Å². The second-order valence-corrected chi connectivity index (χ2v) is 12.0.